The molecule has 1 aliphatic heterocycles. The molecule has 1 aromatic carbocycles. The molecule has 4 aromatic rings. The highest BCUT2D eigenvalue weighted by molar-refractivity contribution is 5.71. The van der Waals surface area contributed by atoms with E-state index >= 15 is 0 Å². The number of aromatic nitrogens is 5. The second-order valence-electron chi connectivity index (χ2n) is 8.42. The van der Waals surface area contributed by atoms with Crippen LogP contribution < -0.4 is 10.2 Å². The topological polar surface area (TPSA) is 83.5 Å². The van der Waals surface area contributed by atoms with Crippen LogP contribution in [0, 0.1) is 6.92 Å². The quantitative estimate of drug-likeness (QED) is 0.519. The maximum absolute atomic E-state index is 10.3. The molecule has 1 saturated heterocycles. The zero-order valence-electron chi connectivity index (χ0n) is 17.9. The van der Waals surface area contributed by atoms with Gasteiger partial charge in [0.2, 0.25) is 5.95 Å². The van der Waals surface area contributed by atoms with Gasteiger partial charge in [0.1, 0.15) is 0 Å². The number of nitrogens with zero attached hydrogens (tertiary/aromatic N) is 6. The number of rotatable bonds is 5. The molecule has 0 unspecified atom stereocenters. The van der Waals surface area contributed by atoms with Gasteiger partial charge in [-0.05, 0) is 37.5 Å². The zero-order chi connectivity index (χ0) is 21.4. The van der Waals surface area contributed by atoms with Crippen LogP contribution in [0.5, 0.6) is 0 Å². The Labute approximate surface area is 181 Å². The minimum Gasteiger partial charge on any atom is -0.395 e. The lowest BCUT2D eigenvalue weighted by Gasteiger charge is -2.42. The maximum Gasteiger partial charge on any atom is 0.247 e. The molecule has 2 N–H and O–H groups in total. The van der Waals surface area contributed by atoms with Crippen molar-refractivity contribution in [3.63, 3.8) is 0 Å². The van der Waals surface area contributed by atoms with Crippen molar-refractivity contribution < 1.29 is 5.11 Å². The highest BCUT2D eigenvalue weighted by atomic mass is 16.3. The Balaban J connectivity index is 1.38. The van der Waals surface area contributed by atoms with Crippen LogP contribution in [0.3, 0.4) is 0 Å². The van der Waals surface area contributed by atoms with E-state index in [0.29, 0.717) is 5.95 Å². The number of aliphatic hydroxyl groups is 1. The van der Waals surface area contributed by atoms with E-state index in [-0.39, 0.29) is 12.0 Å². The fraction of sp³-hybridized carbons (Fsp3) is 0.348. The summed E-state index contributed by atoms with van der Waals surface area (Å²) in [6.45, 7) is 3.96. The highest BCUT2D eigenvalue weighted by Gasteiger charge is 2.36. The molecule has 0 bridgehead atoms. The summed E-state index contributed by atoms with van der Waals surface area (Å²) in [6.07, 6.45) is 7.33. The van der Waals surface area contributed by atoms with E-state index in [4.69, 9.17) is 4.98 Å². The number of anilines is 3. The zero-order valence-corrected chi connectivity index (χ0v) is 17.9. The number of aryl methyl sites for hydroxylation is 2. The Morgan fingerprint density at radius 3 is 2.58 bits per heavy atom. The third-order valence-electron chi connectivity index (χ3n) is 6.33. The average molecular weight is 418 g/mol. The highest BCUT2D eigenvalue weighted by Crippen LogP contribution is 2.37. The predicted molar refractivity (Wildman–Crippen MR) is 121 cm³/mol. The summed E-state index contributed by atoms with van der Waals surface area (Å²) in [5.74, 6) is 0.543. The van der Waals surface area contributed by atoms with Crippen LogP contribution in [-0.2, 0) is 12.5 Å². The summed E-state index contributed by atoms with van der Waals surface area (Å²) in [5.41, 5.74) is 5.01. The van der Waals surface area contributed by atoms with E-state index in [1.165, 1.54) is 11.1 Å². The molecule has 0 amide bonds. The molecule has 31 heavy (non-hydrogen) atoms. The van der Waals surface area contributed by atoms with Gasteiger partial charge in [-0.3, -0.25) is 4.68 Å². The number of pyridine rings is 1. The summed E-state index contributed by atoms with van der Waals surface area (Å²) in [4.78, 5) is 7.08. The molecule has 4 heterocycles. The van der Waals surface area contributed by atoms with Crippen LogP contribution in [0.4, 0.5) is 17.3 Å². The Kier molecular flexibility index (Phi) is 4.86. The third kappa shape index (κ3) is 3.63. The van der Waals surface area contributed by atoms with E-state index in [0.717, 1.165) is 43.0 Å². The standard InChI is InChI=1S/C23H27N7O/c1-17-5-7-18(8-6-17)23(16-31)9-12-29(13-10-23)20-4-3-11-30-21(20)26-22(27-30)25-19-14-24-28(2)15-19/h3-8,11,14-15,31H,9-10,12-13,16H2,1-2H3,(H,25,27). The van der Waals surface area contributed by atoms with Crippen molar-refractivity contribution in [2.24, 2.45) is 7.05 Å². The molecule has 0 saturated carbocycles. The predicted octanol–water partition coefficient (Wildman–Crippen LogP) is 3.05. The number of piperidine rings is 1. The SMILES string of the molecule is Cc1ccc(C2(CO)CCN(c3cccn4nc(Nc5cnn(C)c5)nc34)CC2)cc1. The average Bonchev–Trinajstić information content (AvgIpc) is 3.39. The van der Waals surface area contributed by atoms with E-state index in [1.807, 2.05) is 30.0 Å². The molecule has 0 spiro atoms. The van der Waals surface area contributed by atoms with Crippen molar-refractivity contribution in [1.29, 1.82) is 0 Å². The van der Waals surface area contributed by atoms with Crippen LogP contribution in [0.1, 0.15) is 24.0 Å². The Morgan fingerprint density at radius 1 is 1.13 bits per heavy atom. The van der Waals surface area contributed by atoms with Crippen LogP contribution in [0.15, 0.2) is 55.0 Å². The molecule has 0 atom stereocenters. The second-order valence-corrected chi connectivity index (χ2v) is 8.42. The van der Waals surface area contributed by atoms with Gasteiger partial charge in [0, 0.05) is 37.9 Å². The minimum absolute atomic E-state index is 0.165. The van der Waals surface area contributed by atoms with Crippen molar-refractivity contribution in [3.05, 3.63) is 66.1 Å². The molecule has 160 valence electrons. The number of nitrogens with one attached hydrogen (secondary N) is 1. The van der Waals surface area contributed by atoms with Gasteiger partial charge in [0.25, 0.3) is 0 Å². The summed E-state index contributed by atoms with van der Waals surface area (Å²) in [5, 5.41) is 22.2. The van der Waals surface area contributed by atoms with Crippen molar-refractivity contribution in [1.82, 2.24) is 24.4 Å². The Morgan fingerprint density at radius 2 is 1.90 bits per heavy atom. The first-order chi connectivity index (χ1) is 15.1. The molecular weight excluding hydrogens is 390 g/mol. The van der Waals surface area contributed by atoms with Gasteiger partial charge in [-0.1, -0.05) is 29.8 Å². The Hall–Kier alpha value is -3.39. The van der Waals surface area contributed by atoms with E-state index in [1.54, 1.807) is 10.9 Å². The van der Waals surface area contributed by atoms with Gasteiger partial charge in [0.05, 0.1) is 24.2 Å². The minimum atomic E-state index is -0.185. The molecule has 3 aromatic heterocycles. The van der Waals surface area contributed by atoms with E-state index in [2.05, 4.69) is 57.7 Å². The molecule has 8 heteroatoms. The van der Waals surface area contributed by atoms with E-state index in [9.17, 15) is 5.11 Å². The van der Waals surface area contributed by atoms with Gasteiger partial charge < -0.3 is 15.3 Å². The number of benzene rings is 1. The Bertz CT molecular complexity index is 1190. The number of hydrogen-bond donors (Lipinski definition) is 2. The first-order valence-electron chi connectivity index (χ1n) is 10.6. The molecule has 5 rings (SSSR count). The summed E-state index contributed by atoms with van der Waals surface area (Å²) in [6, 6.07) is 12.7. The van der Waals surface area contributed by atoms with E-state index < -0.39 is 0 Å². The normalized spacial score (nSPS) is 16.0. The lowest BCUT2D eigenvalue weighted by atomic mass is 9.73. The summed E-state index contributed by atoms with van der Waals surface area (Å²) >= 11 is 0. The molecule has 1 fully saturated rings. The lowest BCUT2D eigenvalue weighted by Crippen LogP contribution is -2.45. The fourth-order valence-corrected chi connectivity index (χ4v) is 4.43. The molecule has 0 radical (unpaired) electrons. The van der Waals surface area contributed by atoms with Crippen molar-refractivity contribution in [2.75, 3.05) is 29.9 Å². The number of hydrogen-bond acceptors (Lipinski definition) is 6. The summed E-state index contributed by atoms with van der Waals surface area (Å²) < 4.78 is 3.54. The smallest absolute Gasteiger partial charge is 0.247 e. The first-order valence-corrected chi connectivity index (χ1v) is 10.6. The largest absolute Gasteiger partial charge is 0.395 e. The van der Waals surface area contributed by atoms with Gasteiger partial charge in [0.15, 0.2) is 5.65 Å². The third-order valence-corrected chi connectivity index (χ3v) is 6.33. The second kappa shape index (κ2) is 7.70. The fourth-order valence-electron chi connectivity index (χ4n) is 4.43. The van der Waals surface area contributed by atoms with Gasteiger partial charge >= 0.3 is 0 Å². The number of aliphatic hydroxyl groups excluding tert-OH is 1. The van der Waals surface area contributed by atoms with Crippen molar-refractivity contribution >= 4 is 23.0 Å². The lowest BCUT2D eigenvalue weighted by molar-refractivity contribution is 0.165. The molecule has 0 aliphatic carbocycles. The van der Waals surface area contributed by atoms with Crippen LogP contribution >= 0.6 is 0 Å². The van der Waals surface area contributed by atoms with Crippen LogP contribution in [0.25, 0.3) is 5.65 Å². The van der Waals surface area contributed by atoms with Crippen LogP contribution in [-0.4, -0.2) is 49.2 Å². The van der Waals surface area contributed by atoms with Gasteiger partial charge in [-0.25, -0.2) is 4.52 Å². The van der Waals surface area contributed by atoms with Gasteiger partial charge in [-0.15, -0.1) is 5.10 Å². The molecule has 1 aliphatic rings. The maximum atomic E-state index is 10.3. The molecule has 8 nitrogen and oxygen atoms in total. The number of fused-ring (bicyclic) bond motifs is 1. The molecular formula is C23H27N7O. The van der Waals surface area contributed by atoms with Crippen molar-refractivity contribution in [3.8, 4) is 0 Å². The van der Waals surface area contributed by atoms with Gasteiger partial charge in [-0.2, -0.15) is 10.1 Å². The summed E-state index contributed by atoms with van der Waals surface area (Å²) in [7, 11) is 1.87. The van der Waals surface area contributed by atoms with Crippen LogP contribution in [0.2, 0.25) is 0 Å². The monoisotopic (exact) mass is 417 g/mol. The first kappa shape index (κ1) is 19.6. The van der Waals surface area contributed by atoms with Crippen molar-refractivity contribution in [2.45, 2.75) is 25.2 Å².